The highest BCUT2D eigenvalue weighted by atomic mass is 16.1. The van der Waals surface area contributed by atoms with E-state index in [0.717, 1.165) is 18.4 Å². The van der Waals surface area contributed by atoms with Gasteiger partial charge in [-0.05, 0) is 51.7 Å². The van der Waals surface area contributed by atoms with Crippen molar-refractivity contribution in [3.8, 4) is 0 Å². The van der Waals surface area contributed by atoms with Gasteiger partial charge in [0.15, 0.2) is 0 Å². The molecule has 4 aliphatic heterocycles. The maximum absolute atomic E-state index is 11.7. The predicted molar refractivity (Wildman–Crippen MR) is 58.7 cm³/mol. The van der Waals surface area contributed by atoms with Gasteiger partial charge in [-0.15, -0.1) is 0 Å². The molecule has 4 rings (SSSR count). The zero-order valence-electron chi connectivity index (χ0n) is 9.65. The molecule has 0 amide bonds. The van der Waals surface area contributed by atoms with Crippen LogP contribution in [0.3, 0.4) is 0 Å². The van der Waals surface area contributed by atoms with Gasteiger partial charge in [-0.3, -0.25) is 14.6 Å². The normalized spacial score (nSPS) is 49.3. The zero-order valence-corrected chi connectivity index (χ0v) is 9.65. The van der Waals surface area contributed by atoms with E-state index in [9.17, 15) is 4.79 Å². The van der Waals surface area contributed by atoms with Crippen LogP contribution in [0.5, 0.6) is 0 Å². The summed E-state index contributed by atoms with van der Waals surface area (Å²) in [6.07, 6.45) is 2.72. The third-order valence-electron chi connectivity index (χ3n) is 4.75. The fourth-order valence-electron chi connectivity index (χ4n) is 4.14. The Hall–Kier alpha value is -0.410. The molecule has 0 aromatic carbocycles. The van der Waals surface area contributed by atoms with Crippen molar-refractivity contribution in [1.82, 2.24) is 9.80 Å². The first-order valence-electron chi connectivity index (χ1n) is 6.13. The van der Waals surface area contributed by atoms with Gasteiger partial charge in [-0.1, -0.05) is 0 Å². The Bertz CT molecular complexity index is 283. The first kappa shape index (κ1) is 9.79. The number of rotatable bonds is 1. The van der Waals surface area contributed by atoms with Gasteiger partial charge in [0.25, 0.3) is 0 Å². The van der Waals surface area contributed by atoms with Crippen LogP contribution in [0.1, 0.15) is 19.8 Å². The van der Waals surface area contributed by atoms with Crippen LogP contribution in [0.25, 0.3) is 0 Å². The van der Waals surface area contributed by atoms with Crippen LogP contribution >= 0.6 is 0 Å². The fourth-order valence-corrected chi connectivity index (χ4v) is 4.14. The van der Waals surface area contributed by atoms with Crippen LogP contribution in [0.2, 0.25) is 0 Å². The van der Waals surface area contributed by atoms with Crippen molar-refractivity contribution in [2.24, 2.45) is 11.8 Å². The van der Waals surface area contributed by atoms with Crippen LogP contribution in [0.15, 0.2) is 0 Å². The van der Waals surface area contributed by atoms with E-state index < -0.39 is 0 Å². The number of carbonyl (C=O) groups excluding carboxylic acids is 1. The van der Waals surface area contributed by atoms with Gasteiger partial charge < -0.3 is 0 Å². The fraction of sp³-hybridized carbons (Fsp3) is 0.917. The molecule has 4 heterocycles. The lowest BCUT2D eigenvalue weighted by atomic mass is 9.73. The summed E-state index contributed by atoms with van der Waals surface area (Å²) in [6, 6.07) is 0.720. The first-order valence-corrected chi connectivity index (χ1v) is 6.13. The van der Waals surface area contributed by atoms with E-state index in [0.29, 0.717) is 11.8 Å². The molecule has 84 valence electrons. The maximum atomic E-state index is 11.7. The summed E-state index contributed by atoms with van der Waals surface area (Å²) in [6.45, 7) is 5.34. The molecule has 3 nitrogen and oxygen atoms in total. The largest absolute Gasteiger partial charge is 0.298 e. The summed E-state index contributed by atoms with van der Waals surface area (Å²) in [7, 11) is 2.12. The minimum atomic E-state index is 0.179. The van der Waals surface area contributed by atoms with Crippen molar-refractivity contribution < 1.29 is 4.79 Å². The summed E-state index contributed by atoms with van der Waals surface area (Å²) < 4.78 is 0. The molecule has 0 aromatic rings. The highest BCUT2D eigenvalue weighted by Crippen LogP contribution is 2.43. The summed E-state index contributed by atoms with van der Waals surface area (Å²) in [5.41, 5.74) is 0. The van der Waals surface area contributed by atoms with E-state index in [2.05, 4.69) is 16.8 Å². The Balaban J connectivity index is 1.91. The minimum Gasteiger partial charge on any atom is -0.298 e. The highest BCUT2D eigenvalue weighted by Gasteiger charge is 2.52. The lowest BCUT2D eigenvalue weighted by Gasteiger charge is -2.49. The second kappa shape index (κ2) is 3.29. The van der Waals surface area contributed by atoms with Crippen LogP contribution in [-0.2, 0) is 4.79 Å². The van der Waals surface area contributed by atoms with Crippen molar-refractivity contribution in [2.75, 3.05) is 26.7 Å². The topological polar surface area (TPSA) is 23.6 Å². The van der Waals surface area contributed by atoms with Crippen molar-refractivity contribution >= 4 is 5.78 Å². The highest BCUT2D eigenvalue weighted by molar-refractivity contribution is 5.82. The van der Waals surface area contributed by atoms with Gasteiger partial charge in [-0.2, -0.15) is 0 Å². The molecule has 4 aliphatic rings. The van der Waals surface area contributed by atoms with E-state index in [-0.39, 0.29) is 6.04 Å². The van der Waals surface area contributed by atoms with Gasteiger partial charge in [-0.25, -0.2) is 0 Å². The van der Waals surface area contributed by atoms with Crippen molar-refractivity contribution in [3.05, 3.63) is 0 Å². The Morgan fingerprint density at radius 3 is 2.53 bits per heavy atom. The summed E-state index contributed by atoms with van der Waals surface area (Å²) in [4.78, 5) is 16.6. The molecule has 3 atom stereocenters. The van der Waals surface area contributed by atoms with Gasteiger partial charge in [0, 0.05) is 12.6 Å². The van der Waals surface area contributed by atoms with Gasteiger partial charge in [0.2, 0.25) is 0 Å². The molecule has 4 fully saturated rings. The molecule has 3 heteroatoms. The summed E-state index contributed by atoms with van der Waals surface area (Å²) in [5, 5.41) is 0. The molecule has 0 saturated carbocycles. The predicted octanol–water partition coefficient (Wildman–Crippen LogP) is 0.600. The third kappa shape index (κ3) is 1.29. The molecule has 0 N–H and O–H groups in total. The molecular weight excluding hydrogens is 188 g/mol. The van der Waals surface area contributed by atoms with Gasteiger partial charge in [0.1, 0.15) is 5.78 Å². The van der Waals surface area contributed by atoms with E-state index in [1.807, 2.05) is 0 Å². The summed E-state index contributed by atoms with van der Waals surface area (Å²) >= 11 is 0. The molecule has 15 heavy (non-hydrogen) atoms. The number of Topliss-reactive ketones (excluding diaryl/α,β-unsaturated/α-hetero) is 1. The standard InChI is InChI=1S/C12H20N2O/c1-8(15)11-12-10(7-13(11)2)9-3-5-14(12)6-4-9/h9-12H,3-7H2,1-2H3. The minimum absolute atomic E-state index is 0.179. The maximum Gasteiger partial charge on any atom is 0.148 e. The van der Waals surface area contributed by atoms with E-state index in [1.165, 1.54) is 25.9 Å². The zero-order chi connectivity index (χ0) is 10.6. The van der Waals surface area contributed by atoms with Gasteiger partial charge in [0.05, 0.1) is 6.04 Å². The molecule has 2 bridgehead atoms. The SMILES string of the molecule is CC(=O)C1C2C(CN1C)C1CCN2CC1. The van der Waals surface area contributed by atoms with Crippen LogP contribution in [-0.4, -0.2) is 54.3 Å². The number of carbonyl (C=O) groups is 1. The number of fused-ring (bicyclic) bond motifs is 2. The monoisotopic (exact) mass is 208 g/mol. The quantitative estimate of drug-likeness (QED) is 0.630. The average molecular weight is 208 g/mol. The average Bonchev–Trinajstić information content (AvgIpc) is 2.58. The molecule has 3 unspecified atom stereocenters. The van der Waals surface area contributed by atoms with E-state index in [4.69, 9.17) is 0 Å². The smallest absolute Gasteiger partial charge is 0.148 e. The van der Waals surface area contributed by atoms with Crippen LogP contribution in [0.4, 0.5) is 0 Å². The Morgan fingerprint density at radius 1 is 1.27 bits per heavy atom. The summed E-state index contributed by atoms with van der Waals surface area (Å²) in [5.74, 6) is 2.02. The third-order valence-corrected chi connectivity index (χ3v) is 4.75. The molecule has 0 spiro atoms. The lowest BCUT2D eigenvalue weighted by molar-refractivity contribution is -0.123. The number of hydrogen-bond acceptors (Lipinski definition) is 3. The van der Waals surface area contributed by atoms with Crippen molar-refractivity contribution in [2.45, 2.75) is 31.8 Å². The first-order chi connectivity index (χ1) is 7.18. The van der Waals surface area contributed by atoms with Crippen LogP contribution in [0, 0.1) is 11.8 Å². The Morgan fingerprint density at radius 2 is 1.93 bits per heavy atom. The van der Waals surface area contributed by atoms with Crippen molar-refractivity contribution in [3.63, 3.8) is 0 Å². The number of ketones is 1. The van der Waals surface area contributed by atoms with Crippen LogP contribution < -0.4 is 0 Å². The molecule has 4 saturated heterocycles. The van der Waals surface area contributed by atoms with Gasteiger partial charge >= 0.3 is 0 Å². The number of piperidine rings is 3. The van der Waals surface area contributed by atoms with E-state index in [1.54, 1.807) is 6.92 Å². The second-order valence-corrected chi connectivity index (χ2v) is 5.52. The Kier molecular flexibility index (Phi) is 2.15. The number of hydrogen-bond donors (Lipinski definition) is 0. The number of nitrogens with zero attached hydrogens (tertiary/aromatic N) is 2. The molecule has 0 radical (unpaired) electrons. The molecule has 0 aromatic heterocycles. The second-order valence-electron chi connectivity index (χ2n) is 5.52. The Labute approximate surface area is 91.4 Å². The lowest BCUT2D eigenvalue weighted by Crippen LogP contribution is -2.58. The van der Waals surface area contributed by atoms with E-state index >= 15 is 0 Å². The molecular formula is C12H20N2O. The number of likely N-dealkylation sites (N-methyl/N-ethyl adjacent to an activating group) is 1. The van der Waals surface area contributed by atoms with Crippen molar-refractivity contribution in [1.29, 1.82) is 0 Å². The molecule has 0 aliphatic carbocycles. The number of likely N-dealkylation sites (tertiary alicyclic amines) is 1.